The lowest BCUT2D eigenvalue weighted by atomic mass is 10.2. The summed E-state index contributed by atoms with van der Waals surface area (Å²) in [5, 5.41) is 0.320. The van der Waals surface area contributed by atoms with Gasteiger partial charge in [-0.25, -0.2) is 14.3 Å². The molecule has 0 aliphatic rings. The van der Waals surface area contributed by atoms with Crippen LogP contribution < -0.4 is 21.7 Å². The number of benzene rings is 2. The molecule has 0 fully saturated rings. The monoisotopic (exact) mass is 374 g/mol. The Kier molecular flexibility index (Phi) is 4.41. The summed E-state index contributed by atoms with van der Waals surface area (Å²) in [7, 11) is 1.57. The average molecular weight is 374 g/mol. The summed E-state index contributed by atoms with van der Waals surface area (Å²) in [5.74, 6) is 0.894. The maximum atomic E-state index is 13.3. The second-order valence-electron chi connectivity index (χ2n) is 6.30. The SMILES string of the molecule is COc1cccc(Cn2c(=O)c3ccc(N)nc3n(-c3ccccc3)c2=O)c1. The molecule has 140 valence electrons. The van der Waals surface area contributed by atoms with Gasteiger partial charge in [0.1, 0.15) is 11.6 Å². The maximum Gasteiger partial charge on any atom is 0.337 e. The van der Waals surface area contributed by atoms with Crippen LogP contribution in [0.1, 0.15) is 5.56 Å². The van der Waals surface area contributed by atoms with Gasteiger partial charge in [0.25, 0.3) is 5.56 Å². The lowest BCUT2D eigenvalue weighted by molar-refractivity contribution is 0.414. The Bertz CT molecular complexity index is 1280. The molecule has 4 aromatic rings. The van der Waals surface area contributed by atoms with Crippen LogP contribution in [0, 0.1) is 0 Å². The minimum Gasteiger partial charge on any atom is -0.497 e. The number of pyridine rings is 1. The van der Waals surface area contributed by atoms with E-state index in [4.69, 9.17) is 10.5 Å². The fourth-order valence-electron chi connectivity index (χ4n) is 3.15. The Balaban J connectivity index is 2.01. The molecule has 0 radical (unpaired) electrons. The van der Waals surface area contributed by atoms with Crippen LogP contribution in [0.4, 0.5) is 5.82 Å². The number of nitrogen functional groups attached to an aromatic ring is 1. The van der Waals surface area contributed by atoms with Crippen molar-refractivity contribution in [2.24, 2.45) is 0 Å². The minimum atomic E-state index is -0.482. The highest BCUT2D eigenvalue weighted by Gasteiger charge is 2.16. The van der Waals surface area contributed by atoms with E-state index in [2.05, 4.69) is 4.98 Å². The Morgan fingerprint density at radius 2 is 1.79 bits per heavy atom. The second-order valence-corrected chi connectivity index (χ2v) is 6.30. The van der Waals surface area contributed by atoms with Gasteiger partial charge in [0.2, 0.25) is 0 Å². The summed E-state index contributed by atoms with van der Waals surface area (Å²) in [4.78, 5) is 30.6. The van der Waals surface area contributed by atoms with Crippen molar-refractivity contribution in [3.05, 3.63) is 93.1 Å². The number of fused-ring (bicyclic) bond motifs is 1. The van der Waals surface area contributed by atoms with Crippen LogP contribution in [0.15, 0.2) is 76.3 Å². The Hall–Kier alpha value is -3.87. The van der Waals surface area contributed by atoms with E-state index in [1.54, 1.807) is 37.4 Å². The largest absolute Gasteiger partial charge is 0.497 e. The molecule has 0 unspecified atom stereocenters. The number of hydrogen-bond acceptors (Lipinski definition) is 5. The summed E-state index contributed by atoms with van der Waals surface area (Å²) < 4.78 is 7.84. The normalized spacial score (nSPS) is 10.9. The van der Waals surface area contributed by atoms with E-state index in [1.807, 2.05) is 36.4 Å². The molecule has 4 rings (SSSR count). The molecule has 2 aromatic carbocycles. The van der Waals surface area contributed by atoms with Crippen LogP contribution >= 0.6 is 0 Å². The van der Waals surface area contributed by atoms with Gasteiger partial charge in [0.05, 0.1) is 24.7 Å². The minimum absolute atomic E-state index is 0.113. The third-order valence-electron chi connectivity index (χ3n) is 4.50. The van der Waals surface area contributed by atoms with Crippen molar-refractivity contribution < 1.29 is 4.74 Å². The molecule has 0 aliphatic heterocycles. The maximum absolute atomic E-state index is 13.3. The van der Waals surface area contributed by atoms with E-state index >= 15 is 0 Å². The molecule has 2 aromatic heterocycles. The van der Waals surface area contributed by atoms with Gasteiger partial charge in [-0.2, -0.15) is 0 Å². The van der Waals surface area contributed by atoms with Crippen LogP contribution in [0.3, 0.4) is 0 Å². The van der Waals surface area contributed by atoms with Crippen LogP contribution in [0.2, 0.25) is 0 Å². The van der Waals surface area contributed by atoms with E-state index in [-0.39, 0.29) is 18.0 Å². The van der Waals surface area contributed by atoms with Gasteiger partial charge in [-0.1, -0.05) is 30.3 Å². The van der Waals surface area contributed by atoms with Gasteiger partial charge in [0, 0.05) is 0 Å². The molecule has 0 bridgehead atoms. The molecular formula is C21H18N4O3. The number of hydrogen-bond donors (Lipinski definition) is 1. The fraction of sp³-hybridized carbons (Fsp3) is 0.0952. The first-order chi connectivity index (χ1) is 13.6. The third kappa shape index (κ3) is 3.03. The van der Waals surface area contributed by atoms with E-state index in [0.717, 1.165) is 5.56 Å². The summed E-state index contributed by atoms with van der Waals surface area (Å²) in [6.45, 7) is 0.113. The van der Waals surface area contributed by atoms with Gasteiger partial charge < -0.3 is 10.5 Å². The molecule has 0 aliphatic carbocycles. The topological polar surface area (TPSA) is 92.1 Å². The number of anilines is 1. The Morgan fingerprint density at radius 1 is 1.00 bits per heavy atom. The van der Waals surface area contributed by atoms with Crippen LogP contribution in [-0.2, 0) is 6.54 Å². The van der Waals surface area contributed by atoms with Crippen molar-refractivity contribution in [1.82, 2.24) is 14.1 Å². The van der Waals surface area contributed by atoms with E-state index < -0.39 is 11.2 Å². The zero-order chi connectivity index (χ0) is 19.7. The Labute approximate surface area is 160 Å². The zero-order valence-electron chi connectivity index (χ0n) is 15.2. The van der Waals surface area contributed by atoms with Gasteiger partial charge in [-0.15, -0.1) is 0 Å². The zero-order valence-corrected chi connectivity index (χ0v) is 15.2. The van der Waals surface area contributed by atoms with Crippen molar-refractivity contribution in [2.75, 3.05) is 12.8 Å². The van der Waals surface area contributed by atoms with Crippen molar-refractivity contribution in [1.29, 1.82) is 0 Å². The molecule has 0 amide bonds. The van der Waals surface area contributed by atoms with Crippen molar-refractivity contribution in [3.8, 4) is 11.4 Å². The van der Waals surface area contributed by atoms with Crippen LogP contribution in [0.5, 0.6) is 5.75 Å². The fourth-order valence-corrected chi connectivity index (χ4v) is 3.15. The second kappa shape index (κ2) is 7.03. The van der Waals surface area contributed by atoms with Crippen molar-refractivity contribution in [3.63, 3.8) is 0 Å². The summed E-state index contributed by atoms with van der Waals surface area (Å²) in [6.07, 6.45) is 0. The number of ether oxygens (including phenoxy) is 1. The van der Waals surface area contributed by atoms with Gasteiger partial charge in [-0.05, 0) is 42.0 Å². The molecule has 2 heterocycles. The molecule has 0 atom stereocenters. The summed E-state index contributed by atoms with van der Waals surface area (Å²) in [5.41, 5.74) is 6.54. The summed E-state index contributed by atoms with van der Waals surface area (Å²) >= 11 is 0. The number of para-hydroxylation sites is 1. The molecule has 2 N–H and O–H groups in total. The molecule has 7 nitrogen and oxygen atoms in total. The molecule has 0 spiro atoms. The van der Waals surface area contributed by atoms with Crippen molar-refractivity contribution in [2.45, 2.75) is 6.54 Å². The molecule has 28 heavy (non-hydrogen) atoms. The predicted molar refractivity (Wildman–Crippen MR) is 108 cm³/mol. The number of methoxy groups -OCH3 is 1. The van der Waals surface area contributed by atoms with E-state index in [0.29, 0.717) is 16.8 Å². The first-order valence-corrected chi connectivity index (χ1v) is 8.69. The summed E-state index contributed by atoms with van der Waals surface area (Å²) in [6, 6.07) is 19.5. The van der Waals surface area contributed by atoms with Gasteiger partial charge in [-0.3, -0.25) is 9.36 Å². The molecule has 0 saturated carbocycles. The number of rotatable bonds is 4. The predicted octanol–water partition coefficient (Wildman–Crippen LogP) is 2.19. The van der Waals surface area contributed by atoms with Crippen molar-refractivity contribution >= 4 is 16.9 Å². The number of nitrogens with zero attached hydrogens (tertiary/aromatic N) is 3. The number of nitrogens with two attached hydrogens (primary N) is 1. The van der Waals surface area contributed by atoms with E-state index in [9.17, 15) is 9.59 Å². The third-order valence-corrected chi connectivity index (χ3v) is 4.50. The highest BCUT2D eigenvalue weighted by molar-refractivity contribution is 5.77. The first-order valence-electron chi connectivity index (χ1n) is 8.69. The average Bonchev–Trinajstić information content (AvgIpc) is 2.72. The highest BCUT2D eigenvalue weighted by atomic mass is 16.5. The Morgan fingerprint density at radius 3 is 2.54 bits per heavy atom. The molecular weight excluding hydrogens is 356 g/mol. The van der Waals surface area contributed by atoms with Crippen LogP contribution in [-0.4, -0.2) is 21.2 Å². The van der Waals surface area contributed by atoms with E-state index in [1.165, 1.54) is 9.13 Å². The standard InChI is InChI=1S/C21H18N4O3/c1-28-16-9-5-6-14(12-16)13-24-20(26)17-10-11-18(22)23-19(17)25(21(24)27)15-7-3-2-4-8-15/h2-12H,13H2,1H3,(H2,22,23). The highest BCUT2D eigenvalue weighted by Crippen LogP contribution is 2.15. The lowest BCUT2D eigenvalue weighted by Gasteiger charge is -2.14. The van der Waals surface area contributed by atoms with Gasteiger partial charge >= 0.3 is 5.69 Å². The number of aromatic nitrogens is 3. The smallest absolute Gasteiger partial charge is 0.337 e. The first kappa shape index (κ1) is 17.5. The molecule has 0 saturated heterocycles. The molecule has 7 heteroatoms. The van der Waals surface area contributed by atoms with Crippen LogP contribution in [0.25, 0.3) is 16.7 Å². The van der Waals surface area contributed by atoms with Gasteiger partial charge in [0.15, 0.2) is 5.65 Å². The lowest BCUT2D eigenvalue weighted by Crippen LogP contribution is -2.40. The quantitative estimate of drug-likeness (QED) is 0.591.